The second-order valence-corrected chi connectivity index (χ2v) is 2.73. The summed E-state index contributed by atoms with van der Waals surface area (Å²) < 4.78 is 1.17. The number of nitrogen functional groups attached to an aromatic ring is 3. The van der Waals surface area contributed by atoms with Crippen molar-refractivity contribution in [3.63, 3.8) is 0 Å². The first-order valence-corrected chi connectivity index (χ1v) is 3.86. The molecule has 7 heteroatoms. The van der Waals surface area contributed by atoms with Crippen LogP contribution in [-0.2, 0) is 0 Å². The van der Waals surface area contributed by atoms with Crippen LogP contribution in [0.15, 0.2) is 18.3 Å². The van der Waals surface area contributed by atoms with E-state index in [1.807, 2.05) is 0 Å². The lowest BCUT2D eigenvalue weighted by atomic mass is 10.3. The topological polar surface area (TPSA) is 122 Å². The molecule has 2 aromatic rings. The first-order chi connectivity index (χ1) is 6.68. The number of hydrogen-bond donors (Lipinski definition) is 3. The van der Waals surface area contributed by atoms with E-state index >= 15 is 0 Å². The monoisotopic (exact) mass is 191 g/mol. The van der Waals surface area contributed by atoms with Gasteiger partial charge in [-0.15, -0.1) is 10.2 Å². The highest BCUT2D eigenvalue weighted by Crippen LogP contribution is 2.14. The van der Waals surface area contributed by atoms with E-state index in [4.69, 9.17) is 17.3 Å². The van der Waals surface area contributed by atoms with Gasteiger partial charge in [-0.25, -0.2) is 4.68 Å². The van der Waals surface area contributed by atoms with Gasteiger partial charge >= 0.3 is 0 Å². The van der Waals surface area contributed by atoms with Crippen molar-refractivity contribution in [1.29, 1.82) is 0 Å². The van der Waals surface area contributed by atoms with Crippen molar-refractivity contribution in [2.24, 2.45) is 0 Å². The van der Waals surface area contributed by atoms with Crippen LogP contribution in [0.25, 0.3) is 11.5 Å². The average Bonchev–Trinajstić information content (AvgIpc) is 2.50. The second kappa shape index (κ2) is 2.87. The van der Waals surface area contributed by atoms with Gasteiger partial charge in [-0.05, 0) is 12.1 Å². The number of nitrogens with two attached hydrogens (primary N) is 3. The number of hydrogen-bond acceptors (Lipinski definition) is 6. The first-order valence-electron chi connectivity index (χ1n) is 3.86. The second-order valence-electron chi connectivity index (χ2n) is 2.73. The van der Waals surface area contributed by atoms with Crippen molar-refractivity contribution < 1.29 is 0 Å². The molecule has 0 fully saturated rings. The molecule has 0 saturated carbocycles. The van der Waals surface area contributed by atoms with Crippen LogP contribution >= 0.6 is 0 Å². The van der Waals surface area contributed by atoms with Gasteiger partial charge in [-0.2, -0.15) is 0 Å². The summed E-state index contributed by atoms with van der Waals surface area (Å²) in [6.45, 7) is 0. The third kappa shape index (κ3) is 1.20. The fraction of sp³-hybridized carbons (Fsp3) is 0. The number of aromatic nitrogens is 4. The Morgan fingerprint density at radius 3 is 2.43 bits per heavy atom. The molecule has 0 aliphatic carbocycles. The zero-order valence-corrected chi connectivity index (χ0v) is 7.25. The zero-order valence-electron chi connectivity index (χ0n) is 7.25. The Hall–Kier alpha value is -2.31. The largest absolute Gasteiger partial charge is 0.397 e. The lowest BCUT2D eigenvalue weighted by Crippen LogP contribution is -2.13. The molecule has 0 aliphatic heterocycles. The highest BCUT2D eigenvalue weighted by molar-refractivity contribution is 5.54. The van der Waals surface area contributed by atoms with Gasteiger partial charge in [0.15, 0.2) is 0 Å². The summed E-state index contributed by atoms with van der Waals surface area (Å²) in [5, 5.41) is 7.38. The predicted octanol–water partition coefficient (Wildman–Crippen LogP) is -0.782. The standard InChI is InChI=1S/C7H9N7/c8-4-1-2-5(11-3-4)6-12-13-7(9)14(6)10/h1-3H,8,10H2,(H2,9,13). The minimum Gasteiger partial charge on any atom is -0.397 e. The normalized spacial score (nSPS) is 10.3. The Bertz CT molecular complexity index is 444. The molecule has 14 heavy (non-hydrogen) atoms. The van der Waals surface area contributed by atoms with Gasteiger partial charge in [0.2, 0.25) is 11.8 Å². The fourth-order valence-electron chi connectivity index (χ4n) is 1.02. The third-order valence-electron chi connectivity index (χ3n) is 1.74. The van der Waals surface area contributed by atoms with Gasteiger partial charge in [0.25, 0.3) is 0 Å². The van der Waals surface area contributed by atoms with Gasteiger partial charge < -0.3 is 17.3 Å². The van der Waals surface area contributed by atoms with Crippen LogP contribution in [0.2, 0.25) is 0 Å². The summed E-state index contributed by atoms with van der Waals surface area (Å²) >= 11 is 0. The molecule has 0 bridgehead atoms. The number of anilines is 2. The minimum absolute atomic E-state index is 0.138. The van der Waals surface area contributed by atoms with Crippen molar-refractivity contribution in [3.8, 4) is 11.5 Å². The molecular formula is C7H9N7. The van der Waals surface area contributed by atoms with Crippen molar-refractivity contribution >= 4 is 11.6 Å². The quantitative estimate of drug-likeness (QED) is 0.508. The molecule has 72 valence electrons. The van der Waals surface area contributed by atoms with Crippen molar-refractivity contribution in [3.05, 3.63) is 18.3 Å². The molecule has 2 rings (SSSR count). The molecule has 2 heterocycles. The molecule has 0 saturated heterocycles. The van der Waals surface area contributed by atoms with E-state index in [2.05, 4.69) is 15.2 Å². The summed E-state index contributed by atoms with van der Waals surface area (Å²) in [6, 6.07) is 3.40. The molecule has 0 spiro atoms. The van der Waals surface area contributed by atoms with Crippen molar-refractivity contribution in [1.82, 2.24) is 19.9 Å². The zero-order chi connectivity index (χ0) is 10.1. The predicted molar refractivity (Wildman–Crippen MR) is 52.2 cm³/mol. The molecule has 0 atom stereocenters. The maximum atomic E-state index is 5.57. The van der Waals surface area contributed by atoms with E-state index in [0.717, 1.165) is 0 Å². The maximum absolute atomic E-state index is 5.57. The van der Waals surface area contributed by atoms with Crippen LogP contribution in [0.3, 0.4) is 0 Å². The van der Waals surface area contributed by atoms with Crippen LogP contribution in [0.5, 0.6) is 0 Å². The smallest absolute Gasteiger partial charge is 0.241 e. The summed E-state index contributed by atoms with van der Waals surface area (Å²) in [7, 11) is 0. The van der Waals surface area contributed by atoms with E-state index in [0.29, 0.717) is 17.2 Å². The van der Waals surface area contributed by atoms with Crippen LogP contribution in [-0.4, -0.2) is 19.9 Å². The summed E-state index contributed by atoms with van der Waals surface area (Å²) in [4.78, 5) is 4.04. The molecule has 6 N–H and O–H groups in total. The first kappa shape index (κ1) is 8.30. The lowest BCUT2D eigenvalue weighted by Gasteiger charge is -2.00. The Morgan fingerprint density at radius 2 is 1.93 bits per heavy atom. The number of rotatable bonds is 1. The fourth-order valence-corrected chi connectivity index (χ4v) is 1.02. The minimum atomic E-state index is 0.138. The molecule has 0 radical (unpaired) electrons. The summed E-state index contributed by atoms with van der Waals surface area (Å²) in [5.74, 6) is 6.11. The van der Waals surface area contributed by atoms with Crippen LogP contribution < -0.4 is 17.3 Å². The molecule has 0 aromatic carbocycles. The van der Waals surface area contributed by atoms with Gasteiger partial charge in [0, 0.05) is 0 Å². The van der Waals surface area contributed by atoms with E-state index < -0.39 is 0 Å². The summed E-state index contributed by atoms with van der Waals surface area (Å²) in [5.41, 5.74) is 12.1. The Labute approximate surface area is 79.5 Å². The van der Waals surface area contributed by atoms with Crippen molar-refractivity contribution in [2.75, 3.05) is 17.3 Å². The van der Waals surface area contributed by atoms with Gasteiger partial charge in [-0.3, -0.25) is 4.98 Å². The van der Waals surface area contributed by atoms with Gasteiger partial charge in [-0.1, -0.05) is 0 Å². The van der Waals surface area contributed by atoms with Crippen molar-refractivity contribution in [2.45, 2.75) is 0 Å². The highest BCUT2D eigenvalue weighted by atomic mass is 15.4. The number of pyridine rings is 1. The Morgan fingerprint density at radius 1 is 1.14 bits per heavy atom. The lowest BCUT2D eigenvalue weighted by molar-refractivity contribution is 1.01. The van der Waals surface area contributed by atoms with Crippen LogP contribution in [0.4, 0.5) is 11.6 Å². The van der Waals surface area contributed by atoms with E-state index in [1.54, 1.807) is 12.1 Å². The molecule has 2 aromatic heterocycles. The van der Waals surface area contributed by atoms with E-state index in [-0.39, 0.29) is 5.95 Å². The maximum Gasteiger partial charge on any atom is 0.241 e. The van der Waals surface area contributed by atoms with Crippen LogP contribution in [0, 0.1) is 0 Å². The van der Waals surface area contributed by atoms with Gasteiger partial charge in [0.05, 0.1) is 11.9 Å². The summed E-state index contributed by atoms with van der Waals surface area (Å²) in [6.07, 6.45) is 1.51. The molecular weight excluding hydrogens is 182 g/mol. The molecule has 7 nitrogen and oxygen atoms in total. The highest BCUT2D eigenvalue weighted by Gasteiger charge is 2.09. The molecule has 0 aliphatic rings. The average molecular weight is 191 g/mol. The third-order valence-corrected chi connectivity index (χ3v) is 1.74. The number of nitrogens with zero attached hydrogens (tertiary/aromatic N) is 4. The Balaban J connectivity index is 2.49. The van der Waals surface area contributed by atoms with E-state index in [1.165, 1.54) is 10.9 Å². The van der Waals surface area contributed by atoms with Gasteiger partial charge in [0.1, 0.15) is 5.69 Å². The van der Waals surface area contributed by atoms with Crippen LogP contribution in [0.1, 0.15) is 0 Å². The SMILES string of the molecule is Nc1ccc(-c2nnc(N)n2N)nc1. The molecule has 0 unspecified atom stereocenters. The molecule has 0 amide bonds. The van der Waals surface area contributed by atoms with E-state index in [9.17, 15) is 0 Å². The Kier molecular flexibility index (Phi) is 1.70.